The van der Waals surface area contributed by atoms with Crippen LogP contribution < -0.4 is 10.1 Å². The van der Waals surface area contributed by atoms with Gasteiger partial charge in [0.15, 0.2) is 0 Å². The molecule has 0 saturated heterocycles. The Morgan fingerprint density at radius 1 is 1.50 bits per heavy atom. The van der Waals surface area contributed by atoms with Crippen molar-refractivity contribution < 1.29 is 19.4 Å². The van der Waals surface area contributed by atoms with Crippen molar-refractivity contribution in [3.63, 3.8) is 0 Å². The number of carboxylic acids is 1. The van der Waals surface area contributed by atoms with E-state index in [1.54, 1.807) is 6.92 Å². The number of rotatable bonds is 4. The summed E-state index contributed by atoms with van der Waals surface area (Å²) >= 11 is 0. The van der Waals surface area contributed by atoms with E-state index >= 15 is 0 Å². The molecule has 0 aliphatic carbocycles. The van der Waals surface area contributed by atoms with Crippen LogP contribution >= 0.6 is 0 Å². The van der Waals surface area contributed by atoms with E-state index in [9.17, 15) is 9.59 Å². The van der Waals surface area contributed by atoms with Crippen molar-refractivity contribution in [1.82, 2.24) is 15.3 Å². The number of carbonyl (C=O) groups excluding carboxylic acids is 1. The second-order valence-electron chi connectivity index (χ2n) is 2.96. The van der Waals surface area contributed by atoms with Gasteiger partial charge in [-0.1, -0.05) is 0 Å². The number of carbonyl (C=O) groups is 2. The van der Waals surface area contributed by atoms with E-state index in [0.29, 0.717) is 5.69 Å². The molecule has 1 amide bonds. The fourth-order valence-electron chi connectivity index (χ4n) is 0.888. The molecule has 0 bridgehead atoms. The van der Waals surface area contributed by atoms with Crippen LogP contribution in [-0.2, 0) is 4.79 Å². The fourth-order valence-corrected chi connectivity index (χ4v) is 0.888. The van der Waals surface area contributed by atoms with Crippen molar-refractivity contribution in [2.24, 2.45) is 0 Å². The summed E-state index contributed by atoms with van der Waals surface area (Å²) in [4.78, 5) is 28.8. The second kappa shape index (κ2) is 5.64. The van der Waals surface area contributed by atoms with Crippen LogP contribution in [0, 0.1) is 6.92 Å². The second-order valence-corrected chi connectivity index (χ2v) is 2.96. The lowest BCUT2D eigenvalue weighted by Gasteiger charge is -2.04. The molecular formula is C9H11N3O4. The van der Waals surface area contributed by atoms with Crippen LogP contribution in [0.2, 0.25) is 0 Å². The summed E-state index contributed by atoms with van der Waals surface area (Å²) in [6.07, 6.45) is 0.381. The van der Waals surface area contributed by atoms with Gasteiger partial charge in [0, 0.05) is 18.3 Å². The molecule has 0 aliphatic heterocycles. The summed E-state index contributed by atoms with van der Waals surface area (Å²) < 4.78 is 4.78. The summed E-state index contributed by atoms with van der Waals surface area (Å²) in [7, 11) is 0. The average Bonchev–Trinajstić information content (AvgIpc) is 2.16. The lowest BCUT2D eigenvalue weighted by Crippen LogP contribution is -2.29. The summed E-state index contributed by atoms with van der Waals surface area (Å²) in [6.45, 7) is 1.75. The Bertz CT molecular complexity index is 394. The molecule has 7 heteroatoms. The van der Waals surface area contributed by atoms with Crippen LogP contribution in [0.3, 0.4) is 0 Å². The first-order chi connectivity index (χ1) is 7.58. The molecule has 0 aromatic carbocycles. The van der Waals surface area contributed by atoms with Gasteiger partial charge in [-0.3, -0.25) is 4.79 Å². The van der Waals surface area contributed by atoms with Crippen molar-refractivity contribution >= 4 is 12.1 Å². The number of carboxylic acid groups (broad SMARTS) is 1. The van der Waals surface area contributed by atoms with Gasteiger partial charge in [0.2, 0.25) is 5.88 Å². The van der Waals surface area contributed by atoms with Crippen molar-refractivity contribution in [3.05, 3.63) is 18.1 Å². The highest BCUT2D eigenvalue weighted by molar-refractivity contribution is 5.71. The number of ether oxygens (including phenoxy) is 1. The van der Waals surface area contributed by atoms with E-state index in [0.717, 1.165) is 0 Å². The van der Waals surface area contributed by atoms with Crippen LogP contribution in [-0.4, -0.2) is 33.7 Å². The van der Waals surface area contributed by atoms with Crippen LogP contribution in [0.1, 0.15) is 12.1 Å². The monoisotopic (exact) mass is 225 g/mol. The smallest absolute Gasteiger partial charge is 0.413 e. The first kappa shape index (κ1) is 11.9. The number of aryl methyl sites for hydroxylation is 1. The van der Waals surface area contributed by atoms with Crippen LogP contribution in [0.25, 0.3) is 0 Å². The lowest BCUT2D eigenvalue weighted by molar-refractivity contribution is -0.136. The van der Waals surface area contributed by atoms with Crippen molar-refractivity contribution in [1.29, 1.82) is 0 Å². The number of aliphatic carboxylic acids is 1. The van der Waals surface area contributed by atoms with Gasteiger partial charge in [0.1, 0.15) is 6.33 Å². The summed E-state index contributed by atoms with van der Waals surface area (Å²) in [5, 5.41) is 10.6. The Morgan fingerprint density at radius 3 is 2.88 bits per heavy atom. The van der Waals surface area contributed by atoms with E-state index in [-0.39, 0.29) is 18.8 Å². The van der Waals surface area contributed by atoms with Gasteiger partial charge in [-0.05, 0) is 6.92 Å². The molecule has 0 unspecified atom stereocenters. The molecule has 0 atom stereocenters. The molecular weight excluding hydrogens is 214 g/mol. The Morgan fingerprint density at radius 2 is 2.25 bits per heavy atom. The Labute approximate surface area is 91.5 Å². The highest BCUT2D eigenvalue weighted by atomic mass is 16.6. The molecule has 0 saturated carbocycles. The van der Waals surface area contributed by atoms with Gasteiger partial charge in [-0.2, -0.15) is 0 Å². The molecule has 86 valence electrons. The highest BCUT2D eigenvalue weighted by Gasteiger charge is 2.06. The minimum absolute atomic E-state index is 0.0121. The molecule has 0 fully saturated rings. The zero-order chi connectivity index (χ0) is 12.0. The first-order valence-corrected chi connectivity index (χ1v) is 4.54. The topological polar surface area (TPSA) is 101 Å². The lowest BCUT2D eigenvalue weighted by atomic mass is 10.4. The van der Waals surface area contributed by atoms with Gasteiger partial charge in [0.25, 0.3) is 0 Å². The van der Waals surface area contributed by atoms with Crippen molar-refractivity contribution in [3.8, 4) is 5.88 Å². The predicted molar refractivity (Wildman–Crippen MR) is 53.0 cm³/mol. The van der Waals surface area contributed by atoms with E-state index in [1.165, 1.54) is 12.4 Å². The quantitative estimate of drug-likeness (QED) is 0.766. The molecule has 2 N–H and O–H groups in total. The molecule has 16 heavy (non-hydrogen) atoms. The number of amides is 1. The number of hydrogen-bond donors (Lipinski definition) is 2. The summed E-state index contributed by atoms with van der Waals surface area (Å²) in [5.41, 5.74) is 0.670. The van der Waals surface area contributed by atoms with Gasteiger partial charge < -0.3 is 15.2 Å². The maximum absolute atomic E-state index is 11.1. The minimum Gasteiger partial charge on any atom is -0.481 e. The standard InChI is InChI=1S/C9H11N3O4/c1-6-4-7(12-5-11-6)16-9(15)10-3-2-8(13)14/h4-5H,2-3H2,1H3,(H,10,15)(H,13,14). The number of nitrogens with one attached hydrogen (secondary N) is 1. The van der Waals surface area contributed by atoms with Gasteiger partial charge in [-0.15, -0.1) is 0 Å². The Kier molecular flexibility index (Phi) is 4.19. The Balaban J connectivity index is 2.37. The van der Waals surface area contributed by atoms with Crippen molar-refractivity contribution in [2.75, 3.05) is 6.54 Å². The highest BCUT2D eigenvalue weighted by Crippen LogP contribution is 2.05. The maximum atomic E-state index is 11.1. The molecule has 1 rings (SSSR count). The SMILES string of the molecule is Cc1cc(OC(=O)NCCC(=O)O)ncn1. The van der Waals surface area contributed by atoms with E-state index < -0.39 is 12.1 Å². The zero-order valence-corrected chi connectivity index (χ0v) is 8.64. The van der Waals surface area contributed by atoms with Gasteiger partial charge >= 0.3 is 12.1 Å². The molecule has 7 nitrogen and oxygen atoms in total. The van der Waals surface area contributed by atoms with Gasteiger partial charge in [-0.25, -0.2) is 14.8 Å². The molecule has 1 aromatic rings. The fraction of sp³-hybridized carbons (Fsp3) is 0.333. The molecule has 1 heterocycles. The van der Waals surface area contributed by atoms with Crippen LogP contribution in [0.4, 0.5) is 4.79 Å². The molecule has 0 radical (unpaired) electrons. The normalized spacial score (nSPS) is 9.56. The van der Waals surface area contributed by atoms with Crippen LogP contribution in [0.15, 0.2) is 12.4 Å². The third kappa shape index (κ3) is 4.36. The zero-order valence-electron chi connectivity index (χ0n) is 8.64. The summed E-state index contributed by atoms with van der Waals surface area (Å²) in [6, 6.07) is 1.50. The number of hydrogen-bond acceptors (Lipinski definition) is 5. The van der Waals surface area contributed by atoms with E-state index in [1.807, 2.05) is 0 Å². The molecule has 0 spiro atoms. The molecule has 0 aliphatic rings. The largest absolute Gasteiger partial charge is 0.481 e. The third-order valence-electron chi connectivity index (χ3n) is 1.58. The maximum Gasteiger partial charge on any atom is 0.413 e. The Hall–Kier alpha value is -2.18. The van der Waals surface area contributed by atoms with E-state index in [4.69, 9.17) is 9.84 Å². The predicted octanol–water partition coefficient (Wildman–Crippen LogP) is 0.348. The first-order valence-electron chi connectivity index (χ1n) is 4.54. The number of aromatic nitrogens is 2. The van der Waals surface area contributed by atoms with Crippen LogP contribution in [0.5, 0.6) is 5.88 Å². The van der Waals surface area contributed by atoms with Crippen molar-refractivity contribution in [2.45, 2.75) is 13.3 Å². The van der Waals surface area contributed by atoms with Gasteiger partial charge in [0.05, 0.1) is 6.42 Å². The van der Waals surface area contributed by atoms with E-state index in [2.05, 4.69) is 15.3 Å². The third-order valence-corrected chi connectivity index (χ3v) is 1.58. The summed E-state index contributed by atoms with van der Waals surface area (Å²) in [5.74, 6) is -0.862. The molecule has 1 aromatic heterocycles. The minimum atomic E-state index is -0.988. The number of nitrogens with zero attached hydrogens (tertiary/aromatic N) is 2. The average molecular weight is 225 g/mol.